The fraction of sp³-hybridized carbons (Fsp3) is 0.333. The average molecular weight is 447 g/mol. The number of anilines is 1. The minimum absolute atomic E-state index is 0.00318. The molecule has 0 radical (unpaired) electrons. The van der Waals surface area contributed by atoms with Crippen LogP contribution in [0.3, 0.4) is 0 Å². The summed E-state index contributed by atoms with van der Waals surface area (Å²) in [6, 6.07) is 12.6. The van der Waals surface area contributed by atoms with Crippen molar-refractivity contribution in [2.75, 3.05) is 11.1 Å². The first kappa shape index (κ1) is 22.3. The lowest BCUT2D eigenvalue weighted by Gasteiger charge is -2.11. The molecule has 0 spiro atoms. The number of nitrogens with two attached hydrogens (primary N) is 1. The highest BCUT2D eigenvalue weighted by atomic mass is 32.2. The van der Waals surface area contributed by atoms with Gasteiger partial charge in [-0.3, -0.25) is 4.79 Å². The maximum absolute atomic E-state index is 12.5. The van der Waals surface area contributed by atoms with Gasteiger partial charge in [-0.25, -0.2) is 18.5 Å². The molecule has 9 heteroatoms. The van der Waals surface area contributed by atoms with Crippen LogP contribution in [0.2, 0.25) is 0 Å². The van der Waals surface area contributed by atoms with Crippen LogP contribution in [0.15, 0.2) is 52.5 Å². The number of hydrogen-bond donors (Lipinski definition) is 2. The number of imidazole rings is 1. The van der Waals surface area contributed by atoms with Crippen molar-refractivity contribution in [2.24, 2.45) is 11.1 Å². The number of carbonyl (C=O) groups is 1. The summed E-state index contributed by atoms with van der Waals surface area (Å²) in [5.41, 5.74) is 2.88. The zero-order chi connectivity index (χ0) is 21.9. The maximum atomic E-state index is 12.5. The largest absolute Gasteiger partial charge is 0.325 e. The SMILES string of the molecule is Cc1ccc(NC(=O)CSc2nc3ccccc3n2CCC(C)C)cc1S(N)(=O)=O. The van der Waals surface area contributed by atoms with Crippen LogP contribution < -0.4 is 10.5 Å². The van der Waals surface area contributed by atoms with Crippen LogP contribution in [-0.4, -0.2) is 29.6 Å². The van der Waals surface area contributed by atoms with Crippen molar-refractivity contribution in [3.8, 4) is 0 Å². The minimum Gasteiger partial charge on any atom is -0.325 e. The van der Waals surface area contributed by atoms with E-state index in [4.69, 9.17) is 5.14 Å². The first-order valence-electron chi connectivity index (χ1n) is 9.66. The first-order chi connectivity index (χ1) is 14.1. The Morgan fingerprint density at radius 2 is 1.97 bits per heavy atom. The zero-order valence-electron chi connectivity index (χ0n) is 17.3. The third kappa shape index (κ3) is 5.41. The Kier molecular flexibility index (Phi) is 6.84. The molecular formula is C21H26N4O3S2. The lowest BCUT2D eigenvalue weighted by molar-refractivity contribution is -0.113. The number of hydrogen-bond acceptors (Lipinski definition) is 5. The van der Waals surface area contributed by atoms with E-state index >= 15 is 0 Å². The van der Waals surface area contributed by atoms with Crippen molar-refractivity contribution in [2.45, 2.75) is 43.8 Å². The Morgan fingerprint density at radius 3 is 2.67 bits per heavy atom. The molecule has 0 saturated heterocycles. The van der Waals surface area contributed by atoms with Crippen LogP contribution in [0.1, 0.15) is 25.8 Å². The van der Waals surface area contributed by atoms with Gasteiger partial charge in [0.05, 0.1) is 21.7 Å². The Morgan fingerprint density at radius 1 is 1.23 bits per heavy atom. The van der Waals surface area contributed by atoms with E-state index in [1.807, 2.05) is 24.3 Å². The Bertz CT molecular complexity index is 1170. The van der Waals surface area contributed by atoms with Gasteiger partial charge in [0.15, 0.2) is 5.16 Å². The van der Waals surface area contributed by atoms with E-state index in [1.165, 1.54) is 17.8 Å². The number of nitrogens with one attached hydrogen (secondary N) is 1. The van der Waals surface area contributed by atoms with E-state index in [0.29, 0.717) is 17.2 Å². The third-order valence-electron chi connectivity index (χ3n) is 4.66. The molecule has 1 aromatic heterocycles. The molecule has 0 aliphatic heterocycles. The van der Waals surface area contributed by atoms with Gasteiger partial charge in [0, 0.05) is 12.2 Å². The van der Waals surface area contributed by atoms with Gasteiger partial charge in [-0.05, 0) is 49.1 Å². The summed E-state index contributed by atoms with van der Waals surface area (Å²) in [5.74, 6) is 0.470. The molecule has 3 aromatic rings. The quantitative estimate of drug-likeness (QED) is 0.512. The number of amides is 1. The second-order valence-electron chi connectivity index (χ2n) is 7.58. The number of rotatable bonds is 8. The van der Waals surface area contributed by atoms with E-state index < -0.39 is 10.0 Å². The lowest BCUT2D eigenvalue weighted by Crippen LogP contribution is -2.17. The predicted molar refractivity (Wildman–Crippen MR) is 121 cm³/mol. The average Bonchev–Trinajstić information content (AvgIpc) is 3.03. The standard InChI is InChI=1S/C21H26N4O3S2/c1-14(2)10-11-25-18-7-5-4-6-17(18)24-21(25)29-13-20(26)23-16-9-8-15(3)19(12-16)30(22,27)28/h4-9,12,14H,10-11,13H2,1-3H3,(H,23,26)(H2,22,27,28). The normalized spacial score (nSPS) is 11.9. The van der Waals surface area contributed by atoms with Crippen LogP contribution in [0.4, 0.5) is 5.69 Å². The van der Waals surface area contributed by atoms with Gasteiger partial charge >= 0.3 is 0 Å². The van der Waals surface area contributed by atoms with E-state index in [2.05, 4.69) is 28.7 Å². The van der Waals surface area contributed by atoms with Crippen LogP contribution in [-0.2, 0) is 21.4 Å². The van der Waals surface area contributed by atoms with E-state index in [1.54, 1.807) is 19.1 Å². The van der Waals surface area contributed by atoms with E-state index in [9.17, 15) is 13.2 Å². The van der Waals surface area contributed by atoms with Crippen molar-refractivity contribution < 1.29 is 13.2 Å². The van der Waals surface area contributed by atoms with Gasteiger partial charge in [-0.1, -0.05) is 43.8 Å². The second-order valence-corrected chi connectivity index (χ2v) is 10.1. The van der Waals surface area contributed by atoms with Gasteiger partial charge in [-0.15, -0.1) is 0 Å². The monoisotopic (exact) mass is 446 g/mol. The van der Waals surface area contributed by atoms with Crippen molar-refractivity contribution >= 4 is 44.4 Å². The third-order valence-corrected chi connectivity index (χ3v) is 6.69. The molecule has 0 atom stereocenters. The number of fused-ring (bicyclic) bond motifs is 1. The summed E-state index contributed by atoms with van der Waals surface area (Å²) in [4.78, 5) is 17.2. The van der Waals surface area contributed by atoms with Gasteiger partial charge in [0.2, 0.25) is 15.9 Å². The summed E-state index contributed by atoms with van der Waals surface area (Å²) in [6.45, 7) is 6.84. The van der Waals surface area contributed by atoms with Crippen LogP contribution in [0.5, 0.6) is 0 Å². The lowest BCUT2D eigenvalue weighted by atomic mass is 10.1. The number of para-hydroxylation sites is 2. The van der Waals surface area contributed by atoms with Crippen molar-refractivity contribution in [1.29, 1.82) is 0 Å². The van der Waals surface area contributed by atoms with E-state index in [0.717, 1.165) is 29.2 Å². The van der Waals surface area contributed by atoms with Crippen LogP contribution in [0, 0.1) is 12.8 Å². The van der Waals surface area contributed by atoms with Crippen molar-refractivity contribution in [3.63, 3.8) is 0 Å². The number of aromatic nitrogens is 2. The molecule has 30 heavy (non-hydrogen) atoms. The van der Waals surface area contributed by atoms with Crippen LogP contribution in [0.25, 0.3) is 11.0 Å². The number of primary sulfonamides is 1. The highest BCUT2D eigenvalue weighted by Gasteiger charge is 2.15. The molecule has 0 bridgehead atoms. The summed E-state index contributed by atoms with van der Waals surface area (Å²) in [5, 5.41) is 8.77. The highest BCUT2D eigenvalue weighted by molar-refractivity contribution is 7.99. The van der Waals surface area contributed by atoms with Crippen molar-refractivity contribution in [1.82, 2.24) is 9.55 Å². The summed E-state index contributed by atoms with van der Waals surface area (Å²) in [6.07, 6.45) is 1.01. The fourth-order valence-corrected chi connectivity index (χ4v) is 4.73. The Hall–Kier alpha value is -2.36. The maximum Gasteiger partial charge on any atom is 0.238 e. The number of nitrogens with zero attached hydrogens (tertiary/aromatic N) is 2. The summed E-state index contributed by atoms with van der Waals surface area (Å²) < 4.78 is 25.5. The number of carbonyl (C=O) groups excluding carboxylic acids is 1. The predicted octanol–water partition coefficient (Wildman–Crippen LogP) is 3.77. The Labute approximate surface area is 181 Å². The smallest absolute Gasteiger partial charge is 0.238 e. The van der Waals surface area contributed by atoms with Gasteiger partial charge in [0.25, 0.3) is 0 Å². The second kappa shape index (κ2) is 9.20. The number of benzene rings is 2. The van der Waals surface area contributed by atoms with Gasteiger partial charge < -0.3 is 9.88 Å². The number of thioether (sulfide) groups is 1. The minimum atomic E-state index is -3.85. The molecule has 3 rings (SSSR count). The van der Waals surface area contributed by atoms with Gasteiger partial charge in [-0.2, -0.15) is 0 Å². The molecule has 0 aliphatic rings. The fourth-order valence-electron chi connectivity index (χ4n) is 3.08. The summed E-state index contributed by atoms with van der Waals surface area (Å²) in [7, 11) is -3.85. The molecule has 0 unspecified atom stereocenters. The molecule has 3 N–H and O–H groups in total. The molecule has 1 heterocycles. The molecule has 0 saturated carbocycles. The topological polar surface area (TPSA) is 107 Å². The van der Waals surface area contributed by atoms with E-state index in [-0.39, 0.29) is 16.6 Å². The van der Waals surface area contributed by atoms with Crippen LogP contribution >= 0.6 is 11.8 Å². The molecule has 160 valence electrons. The molecule has 2 aromatic carbocycles. The molecular weight excluding hydrogens is 420 g/mol. The Balaban J connectivity index is 1.73. The molecule has 0 fully saturated rings. The molecule has 1 amide bonds. The first-order valence-corrected chi connectivity index (χ1v) is 12.2. The number of aryl methyl sites for hydroxylation is 2. The highest BCUT2D eigenvalue weighted by Crippen LogP contribution is 2.26. The van der Waals surface area contributed by atoms with Gasteiger partial charge in [0.1, 0.15) is 0 Å². The number of sulfonamides is 1. The zero-order valence-corrected chi connectivity index (χ0v) is 18.9. The molecule has 7 nitrogen and oxygen atoms in total. The summed E-state index contributed by atoms with van der Waals surface area (Å²) >= 11 is 1.36. The van der Waals surface area contributed by atoms with Crippen molar-refractivity contribution in [3.05, 3.63) is 48.0 Å². The molecule has 0 aliphatic carbocycles.